The van der Waals surface area contributed by atoms with Crippen molar-refractivity contribution in [2.75, 3.05) is 59.7 Å². The second-order valence-corrected chi connectivity index (χ2v) is 7.45. The van der Waals surface area contributed by atoms with E-state index in [1.807, 2.05) is 25.1 Å². The molecular weight excluding hydrogens is 378 g/mol. The molecule has 1 aromatic rings. The smallest absolute Gasteiger partial charge is 0.193 e. The topological polar surface area (TPSA) is 55.3 Å². The fourth-order valence-electron chi connectivity index (χ4n) is 3.19. The van der Waals surface area contributed by atoms with Gasteiger partial charge in [-0.25, -0.2) is 0 Å². The third-order valence-corrected chi connectivity index (χ3v) is 4.90. The molecule has 1 saturated heterocycles. The minimum absolute atomic E-state index is 0.553. The third-order valence-electron chi connectivity index (χ3n) is 4.66. The number of benzene rings is 1. The number of aliphatic imine (C=N–C) groups is 1. The number of methoxy groups -OCH3 is 1. The molecule has 1 aliphatic rings. The van der Waals surface area contributed by atoms with Gasteiger partial charge < -0.3 is 24.4 Å². The highest BCUT2D eigenvalue weighted by atomic mass is 35.5. The minimum Gasteiger partial charge on any atom is -0.493 e. The summed E-state index contributed by atoms with van der Waals surface area (Å²) in [5.41, 5.74) is 1.06. The van der Waals surface area contributed by atoms with Crippen LogP contribution < -0.4 is 10.1 Å². The Hall–Kier alpha value is -1.50. The average Bonchev–Trinajstić information content (AvgIpc) is 3.14. The molecule has 158 valence electrons. The zero-order valence-corrected chi connectivity index (χ0v) is 18.1. The zero-order valence-electron chi connectivity index (χ0n) is 17.4. The van der Waals surface area contributed by atoms with Crippen molar-refractivity contribution in [2.24, 2.45) is 10.9 Å². The Morgan fingerprint density at radius 1 is 1.32 bits per heavy atom. The van der Waals surface area contributed by atoms with Gasteiger partial charge >= 0.3 is 0 Å². The molecule has 0 amide bonds. The molecule has 0 aromatic heterocycles. The number of guanidine groups is 1. The summed E-state index contributed by atoms with van der Waals surface area (Å²) in [4.78, 5) is 7.11. The Bertz CT molecular complexity index is 613. The standard InChI is InChI=1S/C21H34ClN3O3/c1-4-23-21(25-10-8-18(15-25)16-27-13-12-26-3)24-9-5-11-28-20-7-6-19(22)14-17(20)2/h6-7,14,18H,4-5,8-13,15-16H2,1-3H3,(H,23,24). The number of aryl methyl sites for hydroxylation is 1. The molecule has 6 nitrogen and oxygen atoms in total. The summed E-state index contributed by atoms with van der Waals surface area (Å²) in [6, 6.07) is 5.69. The lowest BCUT2D eigenvalue weighted by molar-refractivity contribution is 0.0536. The highest BCUT2D eigenvalue weighted by Crippen LogP contribution is 2.22. The van der Waals surface area contributed by atoms with Crippen molar-refractivity contribution in [3.8, 4) is 5.75 Å². The van der Waals surface area contributed by atoms with Crippen molar-refractivity contribution < 1.29 is 14.2 Å². The van der Waals surface area contributed by atoms with Crippen LogP contribution in [0.1, 0.15) is 25.3 Å². The van der Waals surface area contributed by atoms with E-state index in [0.29, 0.717) is 25.7 Å². The van der Waals surface area contributed by atoms with E-state index in [4.69, 9.17) is 30.8 Å². The highest BCUT2D eigenvalue weighted by molar-refractivity contribution is 6.30. The Morgan fingerprint density at radius 3 is 2.93 bits per heavy atom. The first-order chi connectivity index (χ1) is 13.6. The molecule has 0 radical (unpaired) electrons. The maximum Gasteiger partial charge on any atom is 0.193 e. The Morgan fingerprint density at radius 2 is 2.18 bits per heavy atom. The second-order valence-electron chi connectivity index (χ2n) is 7.02. The van der Waals surface area contributed by atoms with Crippen LogP contribution in [0.4, 0.5) is 0 Å². The first-order valence-corrected chi connectivity index (χ1v) is 10.5. The van der Waals surface area contributed by atoms with Crippen LogP contribution >= 0.6 is 11.6 Å². The third kappa shape index (κ3) is 7.86. The molecule has 0 saturated carbocycles. The molecular formula is C21H34ClN3O3. The molecule has 1 unspecified atom stereocenters. The van der Waals surface area contributed by atoms with Gasteiger partial charge in [0, 0.05) is 50.7 Å². The molecule has 1 heterocycles. The quantitative estimate of drug-likeness (QED) is 0.343. The second kappa shape index (κ2) is 12.9. The molecule has 1 aliphatic heterocycles. The van der Waals surface area contributed by atoms with Gasteiger partial charge in [0.2, 0.25) is 0 Å². The monoisotopic (exact) mass is 411 g/mol. The van der Waals surface area contributed by atoms with Crippen LogP contribution in [0.15, 0.2) is 23.2 Å². The summed E-state index contributed by atoms with van der Waals surface area (Å²) in [6.45, 7) is 10.4. The van der Waals surface area contributed by atoms with E-state index in [1.54, 1.807) is 7.11 Å². The number of likely N-dealkylation sites (tertiary alicyclic amines) is 1. The molecule has 0 aliphatic carbocycles. The summed E-state index contributed by atoms with van der Waals surface area (Å²) >= 11 is 5.98. The van der Waals surface area contributed by atoms with Gasteiger partial charge in [0.25, 0.3) is 0 Å². The summed E-state index contributed by atoms with van der Waals surface area (Å²) in [6.07, 6.45) is 2.00. The van der Waals surface area contributed by atoms with E-state index in [-0.39, 0.29) is 0 Å². The van der Waals surface area contributed by atoms with Crippen LogP contribution in [-0.2, 0) is 9.47 Å². The van der Waals surface area contributed by atoms with Crippen molar-refractivity contribution in [3.05, 3.63) is 28.8 Å². The average molecular weight is 412 g/mol. The normalized spacial score (nSPS) is 17.2. The Labute approximate surface area is 174 Å². The first-order valence-electron chi connectivity index (χ1n) is 10.1. The van der Waals surface area contributed by atoms with Gasteiger partial charge in [-0.05, 0) is 44.0 Å². The van der Waals surface area contributed by atoms with E-state index in [9.17, 15) is 0 Å². The molecule has 0 spiro atoms. The number of nitrogens with one attached hydrogen (secondary N) is 1. The molecule has 28 heavy (non-hydrogen) atoms. The molecule has 0 bridgehead atoms. The van der Waals surface area contributed by atoms with Crippen molar-refractivity contribution >= 4 is 17.6 Å². The van der Waals surface area contributed by atoms with Crippen molar-refractivity contribution in [1.82, 2.24) is 10.2 Å². The van der Waals surface area contributed by atoms with Gasteiger partial charge in [-0.1, -0.05) is 11.6 Å². The maximum absolute atomic E-state index is 5.98. The van der Waals surface area contributed by atoms with Crippen LogP contribution in [0.25, 0.3) is 0 Å². The summed E-state index contributed by atoms with van der Waals surface area (Å²) in [5.74, 6) is 2.43. The molecule has 1 atom stereocenters. The van der Waals surface area contributed by atoms with Crippen molar-refractivity contribution in [2.45, 2.75) is 26.7 Å². The van der Waals surface area contributed by atoms with Crippen LogP contribution in [0.3, 0.4) is 0 Å². The number of halogens is 1. The lowest BCUT2D eigenvalue weighted by Gasteiger charge is -2.21. The van der Waals surface area contributed by atoms with Crippen LogP contribution in [0.5, 0.6) is 5.75 Å². The van der Waals surface area contributed by atoms with Crippen molar-refractivity contribution in [3.63, 3.8) is 0 Å². The number of rotatable bonds is 11. The van der Waals surface area contributed by atoms with E-state index >= 15 is 0 Å². The number of hydrogen-bond acceptors (Lipinski definition) is 4. The Kier molecular flexibility index (Phi) is 10.5. The van der Waals surface area contributed by atoms with E-state index in [1.165, 1.54) is 0 Å². The maximum atomic E-state index is 5.98. The molecule has 1 fully saturated rings. The van der Waals surface area contributed by atoms with Crippen molar-refractivity contribution in [1.29, 1.82) is 0 Å². The molecule has 1 N–H and O–H groups in total. The predicted molar refractivity (Wildman–Crippen MR) is 115 cm³/mol. The van der Waals surface area contributed by atoms with E-state index in [0.717, 1.165) is 67.9 Å². The van der Waals surface area contributed by atoms with Gasteiger partial charge in [0.15, 0.2) is 5.96 Å². The first kappa shape index (κ1) is 22.8. The lowest BCUT2D eigenvalue weighted by Crippen LogP contribution is -2.40. The number of ether oxygens (including phenoxy) is 3. The molecule has 1 aromatic carbocycles. The lowest BCUT2D eigenvalue weighted by atomic mass is 10.1. The minimum atomic E-state index is 0.553. The van der Waals surface area contributed by atoms with Gasteiger partial charge in [-0.3, -0.25) is 4.99 Å². The largest absolute Gasteiger partial charge is 0.493 e. The number of nitrogens with zero attached hydrogens (tertiary/aromatic N) is 2. The van der Waals surface area contributed by atoms with Gasteiger partial charge in [0.1, 0.15) is 5.75 Å². The van der Waals surface area contributed by atoms with E-state index in [2.05, 4.69) is 17.1 Å². The molecule has 7 heteroatoms. The zero-order chi connectivity index (χ0) is 20.2. The van der Waals surface area contributed by atoms with Gasteiger partial charge in [-0.15, -0.1) is 0 Å². The predicted octanol–water partition coefficient (Wildman–Crippen LogP) is 3.37. The fraction of sp³-hybridized carbons (Fsp3) is 0.667. The molecule has 2 rings (SSSR count). The summed E-state index contributed by atoms with van der Waals surface area (Å²) in [7, 11) is 1.70. The van der Waals surface area contributed by atoms with Crippen LogP contribution in [0, 0.1) is 12.8 Å². The SMILES string of the molecule is CCNC(=NCCCOc1ccc(Cl)cc1C)N1CCC(COCCOC)C1. The Balaban J connectivity index is 1.72. The highest BCUT2D eigenvalue weighted by Gasteiger charge is 2.24. The van der Waals surface area contributed by atoms with Crippen LogP contribution in [-0.4, -0.2) is 70.6 Å². The summed E-state index contributed by atoms with van der Waals surface area (Å²) in [5, 5.41) is 4.14. The van der Waals surface area contributed by atoms with Gasteiger partial charge in [-0.2, -0.15) is 0 Å². The number of hydrogen-bond donors (Lipinski definition) is 1. The summed E-state index contributed by atoms with van der Waals surface area (Å²) < 4.78 is 16.6. The van der Waals surface area contributed by atoms with E-state index < -0.39 is 0 Å². The fourth-order valence-corrected chi connectivity index (χ4v) is 3.41. The van der Waals surface area contributed by atoms with Crippen LogP contribution in [0.2, 0.25) is 5.02 Å². The van der Waals surface area contributed by atoms with Gasteiger partial charge in [0.05, 0.1) is 26.4 Å².